The second-order valence-corrected chi connectivity index (χ2v) is 7.02. The number of halogens is 1. The van der Waals surface area contributed by atoms with Crippen molar-refractivity contribution in [2.45, 2.75) is 65.8 Å². The monoisotopic (exact) mass is 310 g/mol. The average Bonchev–Trinajstić information content (AvgIpc) is 2.89. The summed E-state index contributed by atoms with van der Waals surface area (Å²) in [4.78, 5) is 4.68. The molecule has 2 aromatic heterocycles. The van der Waals surface area contributed by atoms with E-state index in [2.05, 4.69) is 35.4 Å². The van der Waals surface area contributed by atoms with Gasteiger partial charge in [0.25, 0.3) is 0 Å². The molecular weight excluding hydrogens is 284 g/mol. The molecule has 0 amide bonds. The van der Waals surface area contributed by atoms with Gasteiger partial charge in [0, 0.05) is 13.6 Å². The zero-order valence-electron chi connectivity index (χ0n) is 13.9. The predicted molar refractivity (Wildman–Crippen MR) is 88.7 cm³/mol. The van der Waals surface area contributed by atoms with E-state index in [9.17, 15) is 0 Å². The molecule has 0 spiro atoms. The SMILES string of the molecule is CCCCCC(C)(C)Cn1c(CCl)nc2c(C)nn(C)c21. The molecule has 2 heterocycles. The van der Waals surface area contributed by atoms with E-state index < -0.39 is 0 Å². The van der Waals surface area contributed by atoms with E-state index in [0.717, 1.165) is 29.2 Å². The number of aromatic nitrogens is 4. The lowest BCUT2D eigenvalue weighted by Crippen LogP contribution is -2.22. The van der Waals surface area contributed by atoms with Crippen LogP contribution in [0.5, 0.6) is 0 Å². The van der Waals surface area contributed by atoms with Crippen molar-refractivity contribution in [2.24, 2.45) is 12.5 Å². The molecule has 4 nitrogen and oxygen atoms in total. The maximum absolute atomic E-state index is 6.11. The van der Waals surface area contributed by atoms with E-state index in [1.54, 1.807) is 0 Å². The summed E-state index contributed by atoms with van der Waals surface area (Å²) in [5.41, 5.74) is 3.28. The van der Waals surface area contributed by atoms with E-state index in [1.807, 2.05) is 18.7 Å². The first-order valence-electron chi connectivity index (χ1n) is 7.84. The van der Waals surface area contributed by atoms with E-state index in [4.69, 9.17) is 11.6 Å². The molecule has 0 aromatic carbocycles. The highest BCUT2D eigenvalue weighted by Gasteiger charge is 2.24. The van der Waals surface area contributed by atoms with Crippen LogP contribution in [0, 0.1) is 12.3 Å². The third-order valence-electron chi connectivity index (χ3n) is 4.13. The average molecular weight is 311 g/mol. The topological polar surface area (TPSA) is 35.6 Å². The maximum Gasteiger partial charge on any atom is 0.158 e. The standard InChI is InChI=1S/C16H27ClN4/c1-6-7-8-9-16(3,4)11-21-13(10-17)18-14-12(2)19-20(5)15(14)21/h6-11H2,1-5H3. The number of hydrogen-bond acceptors (Lipinski definition) is 2. The van der Waals surface area contributed by atoms with Crippen LogP contribution < -0.4 is 0 Å². The van der Waals surface area contributed by atoms with Gasteiger partial charge in [0.05, 0.1) is 11.6 Å². The molecule has 2 rings (SSSR count). The number of rotatable bonds is 7. The molecule has 2 aromatic rings. The Morgan fingerprint density at radius 2 is 1.95 bits per heavy atom. The minimum Gasteiger partial charge on any atom is -0.311 e. The molecule has 21 heavy (non-hydrogen) atoms. The van der Waals surface area contributed by atoms with Crippen LogP contribution in [-0.4, -0.2) is 19.3 Å². The fourth-order valence-corrected chi connectivity index (χ4v) is 3.21. The first-order chi connectivity index (χ1) is 9.89. The van der Waals surface area contributed by atoms with Gasteiger partial charge in [0.15, 0.2) is 5.65 Å². The Morgan fingerprint density at radius 1 is 1.24 bits per heavy atom. The van der Waals surface area contributed by atoms with Crippen molar-refractivity contribution in [3.8, 4) is 0 Å². The summed E-state index contributed by atoms with van der Waals surface area (Å²) < 4.78 is 4.18. The molecule has 118 valence electrons. The van der Waals surface area contributed by atoms with Gasteiger partial charge in [-0.25, -0.2) is 4.98 Å². The molecule has 0 aliphatic carbocycles. The summed E-state index contributed by atoms with van der Waals surface area (Å²) in [6, 6.07) is 0. The third kappa shape index (κ3) is 3.42. The fraction of sp³-hybridized carbons (Fsp3) is 0.750. The van der Waals surface area contributed by atoms with Gasteiger partial charge in [-0.3, -0.25) is 4.68 Å². The van der Waals surface area contributed by atoms with Crippen molar-refractivity contribution >= 4 is 22.8 Å². The van der Waals surface area contributed by atoms with Crippen molar-refractivity contribution < 1.29 is 0 Å². The van der Waals surface area contributed by atoms with Crippen LogP contribution in [0.1, 0.15) is 58.0 Å². The number of imidazole rings is 1. The predicted octanol–water partition coefficient (Wildman–Crippen LogP) is 4.42. The Labute approximate surface area is 132 Å². The quantitative estimate of drug-likeness (QED) is 0.560. The van der Waals surface area contributed by atoms with Crippen molar-refractivity contribution in [2.75, 3.05) is 0 Å². The lowest BCUT2D eigenvalue weighted by atomic mass is 9.86. The third-order valence-corrected chi connectivity index (χ3v) is 4.37. The van der Waals surface area contributed by atoms with Crippen LogP contribution >= 0.6 is 11.6 Å². The lowest BCUT2D eigenvalue weighted by molar-refractivity contribution is 0.271. The van der Waals surface area contributed by atoms with Gasteiger partial charge in [0.1, 0.15) is 11.3 Å². The van der Waals surface area contributed by atoms with Gasteiger partial charge in [-0.05, 0) is 18.8 Å². The summed E-state index contributed by atoms with van der Waals surface area (Å²) in [6.45, 7) is 9.85. The molecule has 0 atom stereocenters. The zero-order chi connectivity index (χ0) is 15.6. The summed E-state index contributed by atoms with van der Waals surface area (Å²) >= 11 is 6.11. The second-order valence-electron chi connectivity index (χ2n) is 6.75. The van der Waals surface area contributed by atoms with Gasteiger partial charge in [-0.1, -0.05) is 40.0 Å². The Balaban J connectivity index is 2.32. The highest BCUT2D eigenvalue weighted by Crippen LogP contribution is 2.30. The fourth-order valence-electron chi connectivity index (χ4n) is 3.01. The van der Waals surface area contributed by atoms with Gasteiger partial charge in [0.2, 0.25) is 0 Å². The molecule has 0 bridgehead atoms. The van der Waals surface area contributed by atoms with E-state index in [0.29, 0.717) is 5.88 Å². The highest BCUT2D eigenvalue weighted by atomic mass is 35.5. The van der Waals surface area contributed by atoms with Crippen LogP contribution in [-0.2, 0) is 19.5 Å². The van der Waals surface area contributed by atoms with E-state index in [-0.39, 0.29) is 5.41 Å². The number of aryl methyl sites for hydroxylation is 2. The van der Waals surface area contributed by atoms with Crippen LogP contribution in [0.25, 0.3) is 11.2 Å². The number of fused-ring (bicyclic) bond motifs is 1. The van der Waals surface area contributed by atoms with Crippen LogP contribution in [0.2, 0.25) is 0 Å². The zero-order valence-corrected chi connectivity index (χ0v) is 14.7. The lowest BCUT2D eigenvalue weighted by Gasteiger charge is -2.26. The van der Waals surface area contributed by atoms with Crippen LogP contribution in [0.15, 0.2) is 0 Å². The first-order valence-corrected chi connectivity index (χ1v) is 8.37. The summed E-state index contributed by atoms with van der Waals surface area (Å²) in [5.74, 6) is 1.39. The summed E-state index contributed by atoms with van der Waals surface area (Å²) in [7, 11) is 1.98. The largest absolute Gasteiger partial charge is 0.311 e. The molecule has 0 aliphatic heterocycles. The number of hydrogen-bond donors (Lipinski definition) is 0. The van der Waals surface area contributed by atoms with Gasteiger partial charge >= 0.3 is 0 Å². The first kappa shape index (κ1) is 16.3. The Hall–Kier alpha value is -1.03. The van der Waals surface area contributed by atoms with Gasteiger partial charge in [-0.2, -0.15) is 5.10 Å². The molecule has 5 heteroatoms. The molecule has 0 aliphatic rings. The van der Waals surface area contributed by atoms with Gasteiger partial charge < -0.3 is 4.57 Å². The van der Waals surface area contributed by atoms with Crippen molar-refractivity contribution in [3.05, 3.63) is 11.5 Å². The summed E-state index contributed by atoms with van der Waals surface area (Å²) in [5, 5.41) is 4.48. The minimum absolute atomic E-state index is 0.238. The Bertz CT molecular complexity index is 609. The minimum atomic E-state index is 0.238. The summed E-state index contributed by atoms with van der Waals surface area (Å²) in [6.07, 6.45) is 5.07. The van der Waals surface area contributed by atoms with Gasteiger partial charge in [-0.15, -0.1) is 11.6 Å². The van der Waals surface area contributed by atoms with Crippen molar-refractivity contribution in [1.82, 2.24) is 19.3 Å². The van der Waals surface area contributed by atoms with E-state index in [1.165, 1.54) is 25.7 Å². The normalized spacial score (nSPS) is 12.5. The number of unbranched alkanes of at least 4 members (excludes halogenated alkanes) is 2. The van der Waals surface area contributed by atoms with Crippen LogP contribution in [0.3, 0.4) is 0 Å². The van der Waals surface area contributed by atoms with Crippen LogP contribution in [0.4, 0.5) is 0 Å². The van der Waals surface area contributed by atoms with Crippen molar-refractivity contribution in [1.29, 1.82) is 0 Å². The molecular formula is C16H27ClN4. The highest BCUT2D eigenvalue weighted by molar-refractivity contribution is 6.16. The molecule has 0 N–H and O–H groups in total. The molecule has 0 unspecified atom stereocenters. The number of alkyl halides is 1. The molecule has 0 radical (unpaired) electrons. The molecule has 0 fully saturated rings. The second kappa shape index (κ2) is 6.39. The molecule has 0 saturated heterocycles. The van der Waals surface area contributed by atoms with E-state index >= 15 is 0 Å². The molecule has 0 saturated carbocycles. The maximum atomic E-state index is 6.11. The Morgan fingerprint density at radius 3 is 2.57 bits per heavy atom. The smallest absolute Gasteiger partial charge is 0.158 e. The Kier molecular flexibility index (Phi) is 4.97. The number of nitrogens with zero attached hydrogens (tertiary/aromatic N) is 4. The van der Waals surface area contributed by atoms with Crippen molar-refractivity contribution in [3.63, 3.8) is 0 Å².